The average molecular weight is 424 g/mol. The minimum absolute atomic E-state index is 0.260. The molecule has 0 saturated carbocycles. The van der Waals surface area contributed by atoms with Crippen LogP contribution in [-0.2, 0) is 13.0 Å². The molecular weight excluding hydrogens is 397 g/mol. The zero-order valence-electron chi connectivity index (χ0n) is 18.3. The molecule has 4 heteroatoms. The van der Waals surface area contributed by atoms with Crippen LogP contribution in [0.2, 0.25) is 0 Å². The number of hydrogen-bond acceptors (Lipinski definition) is 2. The molecule has 0 radical (unpaired) electrons. The third kappa shape index (κ3) is 5.12. The van der Waals surface area contributed by atoms with Gasteiger partial charge in [-0.25, -0.2) is 9.37 Å². The van der Waals surface area contributed by atoms with Gasteiger partial charge in [0.05, 0.1) is 11.4 Å². The van der Waals surface area contributed by atoms with Crippen molar-refractivity contribution in [1.29, 1.82) is 0 Å². The van der Waals surface area contributed by atoms with Gasteiger partial charge < -0.3 is 4.57 Å². The molecule has 3 nitrogen and oxygen atoms in total. The Kier molecular flexibility index (Phi) is 7.09. The molecule has 2 heterocycles. The Hall–Kier alpha value is -3.71. The highest BCUT2D eigenvalue weighted by Gasteiger charge is 2.19. The molecule has 0 aliphatic carbocycles. The van der Waals surface area contributed by atoms with E-state index in [-0.39, 0.29) is 5.82 Å². The second-order valence-electron chi connectivity index (χ2n) is 7.67. The summed E-state index contributed by atoms with van der Waals surface area (Å²) in [6.45, 7) is 2.91. The summed E-state index contributed by atoms with van der Waals surface area (Å²) >= 11 is 0. The molecule has 0 N–H and O–H groups in total. The zero-order chi connectivity index (χ0) is 22.2. The molecule has 0 fully saturated rings. The Balaban J connectivity index is 1.78. The quantitative estimate of drug-likeness (QED) is 0.316. The predicted molar refractivity (Wildman–Crippen MR) is 127 cm³/mol. The Morgan fingerprint density at radius 2 is 1.66 bits per heavy atom. The number of nitrogens with zero attached hydrogens (tertiary/aromatic N) is 3. The summed E-state index contributed by atoms with van der Waals surface area (Å²) in [6.07, 6.45) is 7.34. The number of imidazole rings is 1. The van der Waals surface area contributed by atoms with Crippen LogP contribution in [-0.4, -0.2) is 14.5 Å². The van der Waals surface area contributed by atoms with Crippen LogP contribution in [0.4, 0.5) is 4.39 Å². The van der Waals surface area contributed by atoms with Crippen LogP contribution < -0.4 is 0 Å². The molecule has 2 aromatic carbocycles. The van der Waals surface area contributed by atoms with Gasteiger partial charge in [-0.3, -0.25) is 4.98 Å². The lowest BCUT2D eigenvalue weighted by Crippen LogP contribution is -2.05. The number of hydrogen-bond donors (Lipinski definition) is 0. The standard InChI is InChI=1S/C28H26FN3/c1-2-3-5-12-26-31-27(23-13-15-25(29)16-14-23)28(24-17-19-30-20-18-24)32(26)21-8-11-22-9-6-4-7-10-22/h4,6-7,9-10,13-20H,2-3,8,11,21H2,1H3. The van der Waals surface area contributed by atoms with Gasteiger partial charge in [-0.1, -0.05) is 43.2 Å². The first-order chi connectivity index (χ1) is 15.8. The zero-order valence-corrected chi connectivity index (χ0v) is 18.3. The maximum absolute atomic E-state index is 13.6. The predicted octanol–water partition coefficient (Wildman–Crippen LogP) is 6.54. The molecule has 32 heavy (non-hydrogen) atoms. The van der Waals surface area contributed by atoms with E-state index in [9.17, 15) is 4.39 Å². The van der Waals surface area contributed by atoms with Crippen molar-refractivity contribution < 1.29 is 4.39 Å². The summed E-state index contributed by atoms with van der Waals surface area (Å²) in [7, 11) is 0. The number of benzene rings is 2. The third-order valence-corrected chi connectivity index (χ3v) is 5.30. The van der Waals surface area contributed by atoms with Crippen molar-refractivity contribution in [3.05, 3.63) is 96.3 Å². The number of halogens is 1. The molecule has 0 spiro atoms. The van der Waals surface area contributed by atoms with E-state index in [1.807, 2.05) is 18.2 Å². The average Bonchev–Trinajstić information content (AvgIpc) is 3.19. The van der Waals surface area contributed by atoms with Gasteiger partial charge in [0.2, 0.25) is 0 Å². The Morgan fingerprint density at radius 1 is 0.906 bits per heavy atom. The van der Waals surface area contributed by atoms with Crippen LogP contribution in [0, 0.1) is 17.7 Å². The number of unbranched alkanes of at least 4 members (excludes halogenated alkanes) is 1. The summed E-state index contributed by atoms with van der Waals surface area (Å²) in [4.78, 5) is 9.11. The van der Waals surface area contributed by atoms with Crippen LogP contribution in [0.25, 0.3) is 22.5 Å². The van der Waals surface area contributed by atoms with Gasteiger partial charge in [0, 0.05) is 36.5 Å². The molecule has 0 bridgehead atoms. The molecule has 0 amide bonds. The van der Waals surface area contributed by atoms with E-state index in [0.29, 0.717) is 0 Å². The fraction of sp³-hybridized carbons (Fsp3) is 0.214. The minimum Gasteiger partial charge on any atom is -0.317 e. The Morgan fingerprint density at radius 3 is 2.38 bits per heavy atom. The summed E-state index contributed by atoms with van der Waals surface area (Å²) in [5.41, 5.74) is 5.02. The minimum atomic E-state index is -0.260. The highest BCUT2D eigenvalue weighted by atomic mass is 19.1. The molecule has 0 atom stereocenters. The van der Waals surface area contributed by atoms with Gasteiger partial charge in [0.15, 0.2) is 5.82 Å². The lowest BCUT2D eigenvalue weighted by Gasteiger charge is -2.12. The Labute approximate surface area is 189 Å². The monoisotopic (exact) mass is 423 g/mol. The largest absolute Gasteiger partial charge is 0.317 e. The van der Waals surface area contributed by atoms with Crippen LogP contribution in [0.5, 0.6) is 0 Å². The fourth-order valence-corrected chi connectivity index (χ4v) is 3.73. The van der Waals surface area contributed by atoms with E-state index in [1.165, 1.54) is 17.7 Å². The van der Waals surface area contributed by atoms with Crippen molar-refractivity contribution >= 4 is 0 Å². The molecule has 4 rings (SSSR count). The smallest absolute Gasteiger partial charge is 0.186 e. The maximum Gasteiger partial charge on any atom is 0.186 e. The van der Waals surface area contributed by atoms with Crippen molar-refractivity contribution in [2.24, 2.45) is 0 Å². The van der Waals surface area contributed by atoms with Gasteiger partial charge in [0.1, 0.15) is 5.82 Å². The molecule has 0 aliphatic heterocycles. The molecule has 0 aliphatic rings. The van der Waals surface area contributed by atoms with Crippen molar-refractivity contribution in [2.75, 3.05) is 0 Å². The molecular formula is C28H26FN3. The van der Waals surface area contributed by atoms with Crippen molar-refractivity contribution in [3.8, 4) is 34.4 Å². The first kappa shape index (κ1) is 21.5. The molecule has 2 aromatic heterocycles. The topological polar surface area (TPSA) is 30.7 Å². The van der Waals surface area contributed by atoms with E-state index in [0.717, 1.165) is 60.6 Å². The molecule has 0 saturated heterocycles. The number of aromatic nitrogens is 3. The number of pyridine rings is 1. The fourth-order valence-electron chi connectivity index (χ4n) is 3.73. The normalized spacial score (nSPS) is 10.6. The van der Waals surface area contributed by atoms with E-state index < -0.39 is 0 Å². The summed E-state index contributed by atoms with van der Waals surface area (Å²) in [5.74, 6) is 7.02. The van der Waals surface area contributed by atoms with Gasteiger partial charge >= 0.3 is 0 Å². The van der Waals surface area contributed by atoms with Crippen molar-refractivity contribution in [1.82, 2.24) is 14.5 Å². The number of rotatable bonds is 7. The van der Waals surface area contributed by atoms with Gasteiger partial charge in [-0.15, -0.1) is 0 Å². The van der Waals surface area contributed by atoms with Crippen LogP contribution in [0.15, 0.2) is 79.1 Å². The highest BCUT2D eigenvalue weighted by molar-refractivity contribution is 5.79. The van der Waals surface area contributed by atoms with Crippen molar-refractivity contribution in [3.63, 3.8) is 0 Å². The highest BCUT2D eigenvalue weighted by Crippen LogP contribution is 2.33. The van der Waals surface area contributed by atoms with E-state index in [2.05, 4.69) is 52.6 Å². The van der Waals surface area contributed by atoms with Crippen molar-refractivity contribution in [2.45, 2.75) is 39.2 Å². The first-order valence-corrected chi connectivity index (χ1v) is 11.1. The van der Waals surface area contributed by atoms with Gasteiger partial charge in [-0.05, 0) is 67.1 Å². The molecule has 0 unspecified atom stereocenters. The van der Waals surface area contributed by atoms with Gasteiger partial charge in [-0.2, -0.15) is 0 Å². The summed E-state index contributed by atoms with van der Waals surface area (Å²) in [6, 6.07) is 21.0. The number of aryl methyl sites for hydroxylation is 1. The summed E-state index contributed by atoms with van der Waals surface area (Å²) < 4.78 is 15.8. The molecule has 4 aromatic rings. The van der Waals surface area contributed by atoms with Crippen LogP contribution in [0.3, 0.4) is 0 Å². The first-order valence-electron chi connectivity index (χ1n) is 11.1. The maximum atomic E-state index is 13.6. The summed E-state index contributed by atoms with van der Waals surface area (Å²) in [5, 5.41) is 0. The molecule has 160 valence electrons. The van der Waals surface area contributed by atoms with Crippen LogP contribution >= 0.6 is 0 Å². The van der Waals surface area contributed by atoms with Crippen LogP contribution in [0.1, 0.15) is 37.6 Å². The SMILES string of the molecule is CCCC#Cc1nc(-c2ccc(F)cc2)c(-c2ccncc2)n1CCCc1ccccc1. The second-order valence-corrected chi connectivity index (χ2v) is 7.67. The van der Waals surface area contributed by atoms with E-state index >= 15 is 0 Å². The second kappa shape index (κ2) is 10.5. The van der Waals surface area contributed by atoms with E-state index in [4.69, 9.17) is 4.98 Å². The Bertz CT molecular complexity index is 1200. The van der Waals surface area contributed by atoms with Gasteiger partial charge in [0.25, 0.3) is 0 Å². The lowest BCUT2D eigenvalue weighted by atomic mass is 10.1. The lowest BCUT2D eigenvalue weighted by molar-refractivity contribution is 0.628. The van der Waals surface area contributed by atoms with E-state index in [1.54, 1.807) is 24.5 Å². The third-order valence-electron chi connectivity index (χ3n) is 5.30.